The smallest absolute Gasteiger partial charge is 0.306 e. The van der Waals surface area contributed by atoms with Crippen molar-refractivity contribution < 1.29 is 14.7 Å². The van der Waals surface area contributed by atoms with E-state index in [4.69, 9.17) is 16.7 Å². The molecule has 1 aromatic carbocycles. The second kappa shape index (κ2) is 7.90. The molecule has 32 heavy (non-hydrogen) atoms. The van der Waals surface area contributed by atoms with Crippen molar-refractivity contribution in [3.8, 4) is 6.07 Å². The van der Waals surface area contributed by atoms with E-state index in [-0.39, 0.29) is 11.8 Å². The number of fused-ring (bicyclic) bond motifs is 1. The summed E-state index contributed by atoms with van der Waals surface area (Å²) in [5.41, 5.74) is 4.27. The number of carboxylic acid groups (broad SMARTS) is 1. The highest BCUT2D eigenvalue weighted by Gasteiger charge is 2.43. The average molecular weight is 450 g/mol. The maximum Gasteiger partial charge on any atom is 0.306 e. The molecule has 7 heteroatoms. The van der Waals surface area contributed by atoms with Crippen LogP contribution < -0.4 is 0 Å². The van der Waals surface area contributed by atoms with E-state index >= 15 is 0 Å². The molecule has 0 spiro atoms. The minimum absolute atomic E-state index is 0.281. The monoisotopic (exact) mass is 449 g/mol. The number of allylic oxidation sites excluding steroid dienone is 2. The van der Waals surface area contributed by atoms with Gasteiger partial charge in [0.25, 0.3) is 5.91 Å². The first-order valence-corrected chi connectivity index (χ1v) is 11.6. The largest absolute Gasteiger partial charge is 0.481 e. The van der Waals surface area contributed by atoms with Gasteiger partial charge in [-0.15, -0.1) is 0 Å². The zero-order chi connectivity index (χ0) is 22.5. The van der Waals surface area contributed by atoms with Gasteiger partial charge < -0.3 is 5.11 Å². The van der Waals surface area contributed by atoms with E-state index in [0.29, 0.717) is 35.4 Å². The molecule has 5 rings (SSSR count). The van der Waals surface area contributed by atoms with Crippen LogP contribution in [0.2, 0.25) is 5.02 Å². The Hall–Kier alpha value is -2.91. The molecule has 1 heterocycles. The predicted octanol–water partition coefficient (Wildman–Crippen LogP) is 4.93. The maximum absolute atomic E-state index is 13.8. The molecule has 1 saturated carbocycles. The summed E-state index contributed by atoms with van der Waals surface area (Å²) < 4.78 is 1.50. The lowest BCUT2D eigenvalue weighted by Crippen LogP contribution is -2.35. The lowest BCUT2D eigenvalue weighted by molar-refractivity contribution is -0.141. The molecule has 1 N–H and O–H groups in total. The lowest BCUT2D eigenvalue weighted by atomic mass is 9.64. The summed E-state index contributed by atoms with van der Waals surface area (Å²) in [6, 6.07) is 7.78. The Bertz CT molecular complexity index is 1200. The van der Waals surface area contributed by atoms with Gasteiger partial charge in [0, 0.05) is 5.56 Å². The van der Waals surface area contributed by atoms with Crippen molar-refractivity contribution in [3.05, 3.63) is 57.4 Å². The van der Waals surface area contributed by atoms with Gasteiger partial charge in [0.05, 0.1) is 39.4 Å². The van der Waals surface area contributed by atoms with Crippen molar-refractivity contribution in [2.24, 2.45) is 5.92 Å². The highest BCUT2D eigenvalue weighted by atomic mass is 35.5. The zero-order valence-corrected chi connectivity index (χ0v) is 18.5. The van der Waals surface area contributed by atoms with E-state index in [1.165, 1.54) is 4.68 Å². The van der Waals surface area contributed by atoms with E-state index in [1.54, 1.807) is 12.1 Å². The molecule has 6 nitrogen and oxygen atoms in total. The molecule has 2 aromatic rings. The molecule has 1 fully saturated rings. The van der Waals surface area contributed by atoms with E-state index in [0.717, 1.165) is 61.0 Å². The number of aromatic nitrogens is 2. The van der Waals surface area contributed by atoms with Crippen molar-refractivity contribution in [1.29, 1.82) is 5.26 Å². The van der Waals surface area contributed by atoms with Crippen molar-refractivity contribution >= 4 is 29.1 Å². The minimum atomic E-state index is -0.764. The molecule has 0 bridgehead atoms. The molecule has 1 atom stereocenters. The Kier molecular flexibility index (Phi) is 5.17. The molecule has 0 aliphatic heterocycles. The number of carbonyl (C=O) groups is 2. The van der Waals surface area contributed by atoms with Crippen molar-refractivity contribution in [1.82, 2.24) is 9.78 Å². The summed E-state index contributed by atoms with van der Waals surface area (Å²) in [7, 11) is 0. The normalized spacial score (nSPS) is 21.2. The Morgan fingerprint density at radius 2 is 2.03 bits per heavy atom. The first-order valence-electron chi connectivity index (χ1n) is 11.2. The van der Waals surface area contributed by atoms with Crippen LogP contribution in [0, 0.1) is 17.2 Å². The van der Waals surface area contributed by atoms with Crippen LogP contribution in [-0.4, -0.2) is 26.8 Å². The number of halogens is 1. The molecule has 3 aliphatic rings. The Morgan fingerprint density at radius 1 is 1.22 bits per heavy atom. The van der Waals surface area contributed by atoms with Crippen LogP contribution >= 0.6 is 11.6 Å². The molecule has 1 unspecified atom stereocenters. The topological polar surface area (TPSA) is 96.0 Å². The van der Waals surface area contributed by atoms with Crippen molar-refractivity contribution in [3.63, 3.8) is 0 Å². The molecule has 0 amide bonds. The second-order valence-corrected chi connectivity index (χ2v) is 9.50. The zero-order valence-electron chi connectivity index (χ0n) is 17.7. The number of carbonyl (C=O) groups excluding carboxylic acids is 1. The van der Waals surface area contributed by atoms with Crippen LogP contribution in [0.5, 0.6) is 0 Å². The summed E-state index contributed by atoms with van der Waals surface area (Å²) >= 11 is 6.53. The number of nitriles is 1. The first-order chi connectivity index (χ1) is 15.4. The molecular formula is C25H24ClN3O3. The van der Waals surface area contributed by atoms with Gasteiger partial charge in [-0.25, -0.2) is 0 Å². The maximum atomic E-state index is 13.8. The predicted molar refractivity (Wildman–Crippen MR) is 120 cm³/mol. The van der Waals surface area contributed by atoms with Crippen LogP contribution in [0.15, 0.2) is 24.3 Å². The molecule has 0 radical (unpaired) electrons. The highest BCUT2D eigenvalue weighted by Crippen LogP contribution is 2.46. The summed E-state index contributed by atoms with van der Waals surface area (Å²) in [6.45, 7) is 0. The fourth-order valence-electron chi connectivity index (χ4n) is 5.35. The first kappa shape index (κ1) is 21.0. The number of benzene rings is 1. The van der Waals surface area contributed by atoms with Gasteiger partial charge in [-0.2, -0.15) is 15.0 Å². The van der Waals surface area contributed by atoms with E-state index in [2.05, 4.69) is 6.07 Å². The SMILES string of the molecule is N#CC1(c2cccc(Cl)c2C(=O)n2nc(C3=CCC(C(=O)O)CC3)c3c2CCC3)CCC1. The second-order valence-electron chi connectivity index (χ2n) is 9.09. The van der Waals surface area contributed by atoms with E-state index in [1.807, 2.05) is 12.1 Å². The van der Waals surface area contributed by atoms with E-state index < -0.39 is 11.4 Å². The number of aliphatic carboxylic acids is 1. The quantitative estimate of drug-likeness (QED) is 0.714. The standard InChI is InChI=1S/C25H24ClN3O3/c26-19-6-2-5-18(25(14-27)12-3-13-25)21(19)23(30)29-20-7-1-4-17(20)22(28-29)15-8-10-16(11-9-15)24(31)32/h2,5-6,8,16H,1,3-4,7,9-13H2,(H,31,32). The summed E-state index contributed by atoms with van der Waals surface area (Å²) in [4.78, 5) is 25.1. The fraction of sp³-hybridized carbons (Fsp3) is 0.440. The van der Waals surface area contributed by atoms with Gasteiger partial charge in [0.2, 0.25) is 0 Å². The highest BCUT2D eigenvalue weighted by molar-refractivity contribution is 6.34. The number of rotatable bonds is 4. The van der Waals surface area contributed by atoms with Gasteiger partial charge in [0.15, 0.2) is 0 Å². The molecule has 0 saturated heterocycles. The van der Waals surface area contributed by atoms with Crippen LogP contribution in [0.25, 0.3) is 5.57 Å². The number of carboxylic acids is 1. The van der Waals surface area contributed by atoms with Crippen LogP contribution in [0.3, 0.4) is 0 Å². The Labute approximate surface area is 191 Å². The summed E-state index contributed by atoms with van der Waals surface area (Å²) in [6.07, 6.45) is 8.67. The fourth-order valence-corrected chi connectivity index (χ4v) is 5.61. The Balaban J connectivity index is 1.57. The summed E-state index contributed by atoms with van der Waals surface area (Å²) in [5.74, 6) is -1.40. The van der Waals surface area contributed by atoms with Gasteiger partial charge in [-0.05, 0) is 75.0 Å². The number of hydrogen-bond donors (Lipinski definition) is 1. The van der Waals surface area contributed by atoms with Crippen LogP contribution in [0.4, 0.5) is 0 Å². The molecule has 3 aliphatic carbocycles. The molecular weight excluding hydrogens is 426 g/mol. The average Bonchev–Trinajstić information content (AvgIpc) is 3.36. The molecule has 1 aromatic heterocycles. The molecule has 164 valence electrons. The van der Waals surface area contributed by atoms with E-state index in [9.17, 15) is 20.0 Å². The third-order valence-corrected chi connectivity index (χ3v) is 7.67. The third-order valence-electron chi connectivity index (χ3n) is 7.35. The number of hydrogen-bond acceptors (Lipinski definition) is 4. The summed E-state index contributed by atoms with van der Waals surface area (Å²) in [5, 5.41) is 24.2. The van der Waals surface area contributed by atoms with Crippen LogP contribution in [0.1, 0.15) is 77.8 Å². The lowest BCUT2D eigenvalue weighted by Gasteiger charge is -2.37. The van der Waals surface area contributed by atoms with Gasteiger partial charge >= 0.3 is 5.97 Å². The van der Waals surface area contributed by atoms with Crippen molar-refractivity contribution in [2.75, 3.05) is 0 Å². The van der Waals surface area contributed by atoms with Gasteiger partial charge in [-0.3, -0.25) is 9.59 Å². The van der Waals surface area contributed by atoms with Crippen molar-refractivity contribution in [2.45, 2.75) is 63.2 Å². The minimum Gasteiger partial charge on any atom is -0.481 e. The third kappa shape index (κ3) is 3.18. The van der Waals surface area contributed by atoms with Gasteiger partial charge in [-0.1, -0.05) is 29.8 Å². The van der Waals surface area contributed by atoms with Crippen LogP contribution in [-0.2, 0) is 23.1 Å². The number of nitrogens with zero attached hydrogens (tertiary/aromatic N) is 3. The Morgan fingerprint density at radius 3 is 2.66 bits per heavy atom. The van der Waals surface area contributed by atoms with Gasteiger partial charge in [0.1, 0.15) is 0 Å².